The first-order chi connectivity index (χ1) is 7.40. The third kappa shape index (κ3) is 5.94. The highest BCUT2D eigenvalue weighted by molar-refractivity contribution is 8.10. The van der Waals surface area contributed by atoms with Gasteiger partial charge in [0, 0.05) is 0 Å². The van der Waals surface area contributed by atoms with Crippen LogP contribution in [0.25, 0.3) is 0 Å². The van der Waals surface area contributed by atoms with E-state index in [1.54, 1.807) is 0 Å². The molecule has 1 fully saturated rings. The molecule has 0 radical (unpaired) electrons. The Kier molecular flexibility index (Phi) is 8.20. The predicted octanol–water partition coefficient (Wildman–Crippen LogP) is -1.34. The molecule has 6 nitrogen and oxygen atoms in total. The molecular weight excluding hydrogens is 256 g/mol. The zero-order valence-corrected chi connectivity index (χ0v) is 10.4. The fraction of sp³-hybridized carbons (Fsp3) is 0.875. The molecule has 1 unspecified atom stereocenters. The van der Waals surface area contributed by atoms with Crippen molar-refractivity contribution in [2.75, 3.05) is 13.2 Å². The molecule has 0 aromatic carbocycles. The lowest BCUT2D eigenvalue weighted by molar-refractivity contribution is -0.252. The maximum atomic E-state index is 8.88. The van der Waals surface area contributed by atoms with Gasteiger partial charge in [0.15, 0.2) is 6.29 Å². The van der Waals surface area contributed by atoms with Crippen molar-refractivity contribution in [3.63, 3.8) is 0 Å². The summed E-state index contributed by atoms with van der Waals surface area (Å²) in [5.41, 5.74) is 0. The Hall–Kier alpha value is 0.0400. The SMILES string of the molecule is CCOC(=S)S.OC1OC[C@@H](O)[C@H](O)[C@H]1O. The number of ether oxygens (including phenoxy) is 2. The molecule has 0 spiro atoms. The summed E-state index contributed by atoms with van der Waals surface area (Å²) in [4.78, 5) is 0. The smallest absolute Gasteiger partial charge is 0.216 e. The second-order valence-corrected chi connectivity index (χ2v) is 4.05. The Morgan fingerprint density at radius 2 is 1.94 bits per heavy atom. The molecule has 0 aromatic rings. The van der Waals surface area contributed by atoms with E-state index in [1.165, 1.54) is 0 Å². The maximum absolute atomic E-state index is 8.88. The van der Waals surface area contributed by atoms with E-state index >= 15 is 0 Å². The molecular formula is C8H16O6S2. The van der Waals surface area contributed by atoms with Crippen LogP contribution < -0.4 is 0 Å². The van der Waals surface area contributed by atoms with Crippen molar-refractivity contribution in [2.45, 2.75) is 31.5 Å². The molecule has 0 amide bonds. The summed E-state index contributed by atoms with van der Waals surface area (Å²) >= 11 is 8.12. The van der Waals surface area contributed by atoms with Gasteiger partial charge in [-0.05, 0) is 19.1 Å². The average molecular weight is 272 g/mol. The molecule has 0 aromatic heterocycles. The summed E-state index contributed by atoms with van der Waals surface area (Å²) in [6.07, 6.45) is -5.23. The minimum atomic E-state index is -1.41. The number of thiol groups is 1. The van der Waals surface area contributed by atoms with Crippen molar-refractivity contribution < 1.29 is 29.9 Å². The van der Waals surface area contributed by atoms with Gasteiger partial charge in [-0.25, -0.2) is 0 Å². The quantitative estimate of drug-likeness (QED) is 0.297. The first-order valence-corrected chi connectivity index (χ1v) is 5.45. The molecule has 1 aliphatic rings. The number of thiocarbonyl (C=S) groups is 1. The topological polar surface area (TPSA) is 99.4 Å². The summed E-state index contributed by atoms with van der Waals surface area (Å²) in [5, 5.41) is 35.3. The highest BCUT2D eigenvalue weighted by Crippen LogP contribution is 2.12. The lowest BCUT2D eigenvalue weighted by Gasteiger charge is -2.31. The van der Waals surface area contributed by atoms with E-state index in [2.05, 4.69) is 34.3 Å². The second kappa shape index (κ2) is 8.18. The van der Waals surface area contributed by atoms with E-state index in [1.807, 2.05) is 6.92 Å². The Morgan fingerprint density at radius 3 is 2.25 bits per heavy atom. The third-order valence-corrected chi connectivity index (χ3v) is 1.99. The molecule has 4 N–H and O–H groups in total. The van der Waals surface area contributed by atoms with Crippen LogP contribution in [-0.2, 0) is 9.47 Å². The van der Waals surface area contributed by atoms with Gasteiger partial charge in [0.25, 0.3) is 0 Å². The van der Waals surface area contributed by atoms with Crippen molar-refractivity contribution in [1.82, 2.24) is 0 Å². The molecule has 1 saturated heterocycles. The minimum absolute atomic E-state index is 0.153. The lowest BCUT2D eigenvalue weighted by atomic mass is 10.1. The zero-order chi connectivity index (χ0) is 12.7. The Morgan fingerprint density at radius 1 is 1.38 bits per heavy atom. The fourth-order valence-corrected chi connectivity index (χ4v) is 1.16. The van der Waals surface area contributed by atoms with Crippen LogP contribution in [-0.4, -0.2) is 62.6 Å². The molecule has 1 aliphatic heterocycles. The molecule has 16 heavy (non-hydrogen) atoms. The van der Waals surface area contributed by atoms with Crippen LogP contribution in [0.4, 0.5) is 0 Å². The van der Waals surface area contributed by atoms with Crippen LogP contribution in [0.3, 0.4) is 0 Å². The lowest BCUT2D eigenvalue weighted by Crippen LogP contribution is -2.52. The van der Waals surface area contributed by atoms with Crippen molar-refractivity contribution in [3.8, 4) is 0 Å². The molecule has 0 bridgehead atoms. The minimum Gasteiger partial charge on any atom is -0.479 e. The number of hydrogen-bond acceptors (Lipinski definition) is 7. The van der Waals surface area contributed by atoms with Crippen molar-refractivity contribution >= 4 is 29.2 Å². The van der Waals surface area contributed by atoms with Crippen LogP contribution in [0.5, 0.6) is 0 Å². The first kappa shape index (κ1) is 16.0. The largest absolute Gasteiger partial charge is 0.479 e. The van der Waals surface area contributed by atoms with E-state index in [9.17, 15) is 0 Å². The van der Waals surface area contributed by atoms with Gasteiger partial charge in [0.05, 0.1) is 13.2 Å². The number of aliphatic hydroxyl groups excluding tert-OH is 4. The van der Waals surface area contributed by atoms with E-state index in [0.717, 1.165) is 0 Å². The molecule has 0 aliphatic carbocycles. The summed E-state index contributed by atoms with van der Waals surface area (Å²) < 4.78 is 9.42. The third-order valence-electron chi connectivity index (χ3n) is 1.74. The van der Waals surface area contributed by atoms with Crippen LogP contribution >= 0.6 is 24.8 Å². The van der Waals surface area contributed by atoms with Crippen molar-refractivity contribution in [3.05, 3.63) is 0 Å². The Balaban J connectivity index is 0.000000325. The number of rotatable bonds is 1. The molecule has 1 rings (SSSR count). The van der Waals surface area contributed by atoms with Gasteiger partial charge in [0.2, 0.25) is 4.38 Å². The van der Waals surface area contributed by atoms with Gasteiger partial charge in [-0.15, -0.1) is 0 Å². The standard InChI is InChI=1S/C5H10O5.C3H6OS2/c6-2-1-10-5(9)4(8)3(2)7;1-2-4-3(5)6/h2-9H,1H2;2H2,1H3,(H,5,6)/t2-,3+,4-,5?;/m1./s1. The Bertz CT molecular complexity index is 201. The predicted molar refractivity (Wildman–Crippen MR) is 63.2 cm³/mol. The van der Waals surface area contributed by atoms with Gasteiger partial charge < -0.3 is 29.9 Å². The monoisotopic (exact) mass is 272 g/mol. The van der Waals surface area contributed by atoms with Crippen LogP contribution in [0, 0.1) is 0 Å². The van der Waals surface area contributed by atoms with Crippen LogP contribution in [0.2, 0.25) is 0 Å². The number of aliphatic hydroxyl groups is 4. The molecule has 8 heteroatoms. The van der Waals surface area contributed by atoms with Gasteiger partial charge in [-0.1, -0.05) is 12.6 Å². The fourth-order valence-electron chi connectivity index (χ4n) is 0.914. The molecule has 96 valence electrons. The van der Waals surface area contributed by atoms with Crippen molar-refractivity contribution in [2.24, 2.45) is 0 Å². The summed E-state index contributed by atoms with van der Waals surface area (Å²) in [6.45, 7) is 2.32. The average Bonchev–Trinajstić information content (AvgIpc) is 2.22. The van der Waals surface area contributed by atoms with E-state index in [-0.39, 0.29) is 6.61 Å². The number of hydrogen-bond donors (Lipinski definition) is 5. The molecule has 0 saturated carbocycles. The van der Waals surface area contributed by atoms with Crippen LogP contribution in [0.1, 0.15) is 6.92 Å². The Labute approximate surface area is 104 Å². The van der Waals surface area contributed by atoms with Gasteiger partial charge in [0.1, 0.15) is 18.3 Å². The summed E-state index contributed by atoms with van der Waals surface area (Å²) in [7, 11) is 0. The maximum Gasteiger partial charge on any atom is 0.216 e. The highest BCUT2D eigenvalue weighted by atomic mass is 32.1. The van der Waals surface area contributed by atoms with Crippen LogP contribution in [0.15, 0.2) is 0 Å². The van der Waals surface area contributed by atoms with E-state index < -0.39 is 24.6 Å². The molecule has 4 atom stereocenters. The first-order valence-electron chi connectivity index (χ1n) is 4.59. The van der Waals surface area contributed by atoms with E-state index in [0.29, 0.717) is 11.0 Å². The van der Waals surface area contributed by atoms with Crippen molar-refractivity contribution in [1.29, 1.82) is 0 Å². The highest BCUT2D eigenvalue weighted by Gasteiger charge is 2.36. The second-order valence-electron chi connectivity index (χ2n) is 2.97. The van der Waals surface area contributed by atoms with Gasteiger partial charge in [-0.3, -0.25) is 0 Å². The normalized spacial score (nSPS) is 33.6. The van der Waals surface area contributed by atoms with E-state index in [4.69, 9.17) is 20.4 Å². The van der Waals surface area contributed by atoms with Gasteiger partial charge >= 0.3 is 0 Å². The summed E-state index contributed by atoms with van der Waals surface area (Å²) in [5.74, 6) is 0. The zero-order valence-electron chi connectivity index (χ0n) is 8.68. The molecule has 1 heterocycles. The van der Waals surface area contributed by atoms with Gasteiger partial charge in [-0.2, -0.15) is 0 Å². The summed E-state index contributed by atoms with van der Waals surface area (Å²) in [6, 6.07) is 0.